The standard InChI is InChI=1S/C12H29N3O/c1-2-3-10-16-11-8-6-4-5-7-9-12(13)15-14/h12,15H,2-11,13-14H2,1H3. The highest BCUT2D eigenvalue weighted by Gasteiger charge is 1.97. The molecule has 0 rings (SSSR count). The van der Waals surface area contributed by atoms with Crippen LogP contribution in [0.2, 0.25) is 0 Å². The zero-order chi connectivity index (χ0) is 12.1. The fourth-order valence-corrected chi connectivity index (χ4v) is 1.53. The predicted molar refractivity (Wildman–Crippen MR) is 68.7 cm³/mol. The molecule has 0 amide bonds. The van der Waals surface area contributed by atoms with Crippen LogP contribution in [0, 0.1) is 0 Å². The molecule has 0 saturated heterocycles. The van der Waals surface area contributed by atoms with Gasteiger partial charge in [0.1, 0.15) is 0 Å². The molecular formula is C12H29N3O. The first-order valence-electron chi connectivity index (χ1n) is 6.60. The van der Waals surface area contributed by atoms with E-state index in [4.69, 9.17) is 16.3 Å². The van der Waals surface area contributed by atoms with Gasteiger partial charge in [0.05, 0.1) is 6.17 Å². The lowest BCUT2D eigenvalue weighted by atomic mass is 10.1. The number of hydrogen-bond donors (Lipinski definition) is 3. The number of ether oxygens (including phenoxy) is 1. The molecule has 0 radical (unpaired) electrons. The summed E-state index contributed by atoms with van der Waals surface area (Å²) < 4.78 is 5.49. The molecule has 0 aromatic carbocycles. The highest BCUT2D eigenvalue weighted by atomic mass is 16.5. The Balaban J connectivity index is 2.93. The van der Waals surface area contributed by atoms with Crippen LogP contribution < -0.4 is 17.0 Å². The molecule has 0 aliphatic rings. The van der Waals surface area contributed by atoms with Crippen LogP contribution in [-0.4, -0.2) is 19.4 Å². The van der Waals surface area contributed by atoms with Crippen LogP contribution in [0.3, 0.4) is 0 Å². The van der Waals surface area contributed by atoms with Crippen molar-refractivity contribution in [1.29, 1.82) is 0 Å². The summed E-state index contributed by atoms with van der Waals surface area (Å²) in [4.78, 5) is 0. The Morgan fingerprint density at radius 2 is 1.62 bits per heavy atom. The smallest absolute Gasteiger partial charge is 0.0676 e. The molecule has 0 saturated carbocycles. The van der Waals surface area contributed by atoms with Crippen molar-refractivity contribution >= 4 is 0 Å². The van der Waals surface area contributed by atoms with Crippen molar-refractivity contribution in [1.82, 2.24) is 5.43 Å². The third-order valence-electron chi connectivity index (χ3n) is 2.66. The average Bonchev–Trinajstić information content (AvgIpc) is 2.31. The SMILES string of the molecule is CCCCOCCCCCCCC(N)NN. The van der Waals surface area contributed by atoms with Gasteiger partial charge in [-0.2, -0.15) is 0 Å². The normalized spacial score (nSPS) is 12.9. The second-order valence-corrected chi connectivity index (χ2v) is 4.30. The number of rotatable bonds is 12. The summed E-state index contributed by atoms with van der Waals surface area (Å²) >= 11 is 0. The average molecular weight is 231 g/mol. The van der Waals surface area contributed by atoms with Crippen molar-refractivity contribution in [3.63, 3.8) is 0 Å². The van der Waals surface area contributed by atoms with Gasteiger partial charge in [-0.1, -0.05) is 39.0 Å². The maximum Gasteiger partial charge on any atom is 0.0676 e. The molecule has 0 bridgehead atoms. The zero-order valence-corrected chi connectivity index (χ0v) is 10.7. The van der Waals surface area contributed by atoms with E-state index in [1.54, 1.807) is 0 Å². The molecule has 1 atom stereocenters. The van der Waals surface area contributed by atoms with Gasteiger partial charge in [-0.25, -0.2) is 5.43 Å². The topological polar surface area (TPSA) is 73.3 Å². The van der Waals surface area contributed by atoms with Gasteiger partial charge in [-0.3, -0.25) is 5.84 Å². The van der Waals surface area contributed by atoms with Crippen LogP contribution in [0.15, 0.2) is 0 Å². The van der Waals surface area contributed by atoms with E-state index in [-0.39, 0.29) is 6.17 Å². The summed E-state index contributed by atoms with van der Waals surface area (Å²) in [6.45, 7) is 4.03. The lowest BCUT2D eigenvalue weighted by Gasteiger charge is -2.09. The molecule has 0 fully saturated rings. The first-order valence-corrected chi connectivity index (χ1v) is 6.60. The van der Waals surface area contributed by atoms with Gasteiger partial charge in [-0.05, 0) is 19.3 Å². The Morgan fingerprint density at radius 1 is 1.00 bits per heavy atom. The quantitative estimate of drug-likeness (QED) is 0.207. The highest BCUT2D eigenvalue weighted by molar-refractivity contribution is 4.54. The summed E-state index contributed by atoms with van der Waals surface area (Å²) in [6, 6.07) is 0. The molecule has 16 heavy (non-hydrogen) atoms. The Kier molecular flexibility index (Phi) is 12.8. The molecule has 0 aliphatic carbocycles. The first kappa shape index (κ1) is 15.8. The van der Waals surface area contributed by atoms with Crippen molar-refractivity contribution in [2.75, 3.05) is 13.2 Å². The molecule has 0 aromatic rings. The summed E-state index contributed by atoms with van der Waals surface area (Å²) in [5.41, 5.74) is 8.18. The van der Waals surface area contributed by atoms with E-state index in [1.807, 2.05) is 0 Å². The number of nitrogens with one attached hydrogen (secondary N) is 1. The molecule has 98 valence electrons. The Bertz CT molecular complexity index is 133. The Labute approximate surface area is 100 Å². The van der Waals surface area contributed by atoms with Gasteiger partial charge in [-0.15, -0.1) is 0 Å². The van der Waals surface area contributed by atoms with Crippen molar-refractivity contribution in [2.45, 2.75) is 64.5 Å². The van der Waals surface area contributed by atoms with Crippen LogP contribution in [0.1, 0.15) is 58.3 Å². The first-order chi connectivity index (χ1) is 7.81. The van der Waals surface area contributed by atoms with Gasteiger partial charge >= 0.3 is 0 Å². The van der Waals surface area contributed by atoms with Gasteiger partial charge in [0.25, 0.3) is 0 Å². The zero-order valence-electron chi connectivity index (χ0n) is 10.7. The fraction of sp³-hybridized carbons (Fsp3) is 1.00. The molecule has 4 heteroatoms. The number of hydrogen-bond acceptors (Lipinski definition) is 4. The van der Waals surface area contributed by atoms with Gasteiger partial charge < -0.3 is 10.5 Å². The van der Waals surface area contributed by atoms with E-state index >= 15 is 0 Å². The third kappa shape index (κ3) is 11.9. The number of nitrogens with two attached hydrogens (primary N) is 2. The Morgan fingerprint density at radius 3 is 2.31 bits per heavy atom. The molecule has 0 aromatic heterocycles. The van der Waals surface area contributed by atoms with Crippen molar-refractivity contribution in [3.05, 3.63) is 0 Å². The van der Waals surface area contributed by atoms with E-state index in [0.717, 1.165) is 26.1 Å². The van der Waals surface area contributed by atoms with Crippen molar-refractivity contribution in [3.8, 4) is 0 Å². The van der Waals surface area contributed by atoms with Crippen LogP contribution in [0.4, 0.5) is 0 Å². The van der Waals surface area contributed by atoms with E-state index in [1.165, 1.54) is 38.5 Å². The summed E-state index contributed by atoms with van der Waals surface area (Å²) in [5.74, 6) is 5.20. The van der Waals surface area contributed by atoms with Crippen molar-refractivity contribution < 1.29 is 4.74 Å². The largest absolute Gasteiger partial charge is 0.381 e. The molecule has 5 N–H and O–H groups in total. The van der Waals surface area contributed by atoms with Crippen molar-refractivity contribution in [2.24, 2.45) is 11.6 Å². The lowest BCUT2D eigenvalue weighted by molar-refractivity contribution is 0.127. The van der Waals surface area contributed by atoms with Crippen LogP contribution in [0.5, 0.6) is 0 Å². The third-order valence-corrected chi connectivity index (χ3v) is 2.66. The highest BCUT2D eigenvalue weighted by Crippen LogP contribution is 2.06. The minimum atomic E-state index is -0.0441. The van der Waals surface area contributed by atoms with E-state index in [0.29, 0.717) is 0 Å². The molecule has 0 aliphatic heterocycles. The molecule has 4 nitrogen and oxygen atoms in total. The maximum atomic E-state index is 5.63. The minimum Gasteiger partial charge on any atom is -0.381 e. The lowest BCUT2D eigenvalue weighted by Crippen LogP contribution is -2.41. The molecular weight excluding hydrogens is 202 g/mol. The molecule has 0 heterocycles. The second-order valence-electron chi connectivity index (χ2n) is 4.30. The summed E-state index contributed by atoms with van der Waals surface area (Å²) in [7, 11) is 0. The predicted octanol–water partition coefficient (Wildman–Crippen LogP) is 1.89. The van der Waals surface area contributed by atoms with Crippen LogP contribution in [-0.2, 0) is 4.74 Å². The van der Waals surface area contributed by atoms with Gasteiger partial charge in [0.2, 0.25) is 0 Å². The molecule has 1 unspecified atom stereocenters. The summed E-state index contributed by atoms with van der Waals surface area (Å²) in [6.07, 6.45) is 9.43. The minimum absolute atomic E-state index is 0.0441. The monoisotopic (exact) mass is 231 g/mol. The van der Waals surface area contributed by atoms with Gasteiger partial charge in [0.15, 0.2) is 0 Å². The van der Waals surface area contributed by atoms with Gasteiger partial charge in [0, 0.05) is 13.2 Å². The Hall–Kier alpha value is -0.160. The van der Waals surface area contributed by atoms with E-state index in [2.05, 4.69) is 12.3 Å². The maximum absolute atomic E-state index is 5.63. The summed E-state index contributed by atoms with van der Waals surface area (Å²) in [5, 5.41) is 0. The van der Waals surface area contributed by atoms with Crippen LogP contribution in [0.25, 0.3) is 0 Å². The number of hydrazine groups is 1. The number of unbranched alkanes of at least 4 members (excludes halogenated alkanes) is 5. The van der Waals surface area contributed by atoms with E-state index in [9.17, 15) is 0 Å². The van der Waals surface area contributed by atoms with E-state index < -0.39 is 0 Å². The fourth-order valence-electron chi connectivity index (χ4n) is 1.53. The molecule has 0 spiro atoms. The second kappa shape index (κ2) is 12.9. The van der Waals surface area contributed by atoms with Crippen LogP contribution >= 0.6 is 0 Å².